The molecule has 160 valence electrons. The molecule has 3 aromatic carbocycles. The number of hydrogen-bond donors (Lipinski definition) is 0. The molecule has 0 spiro atoms. The second kappa shape index (κ2) is 7.38. The van der Waals surface area contributed by atoms with Gasteiger partial charge in [-0.2, -0.15) is 0 Å². The quantitative estimate of drug-likeness (QED) is 0.302. The third-order valence-electron chi connectivity index (χ3n) is 7.08. The van der Waals surface area contributed by atoms with Crippen molar-refractivity contribution >= 4 is 22.6 Å². The molecule has 2 aliphatic rings. The number of fused-ring (bicyclic) bond motifs is 6. The van der Waals surface area contributed by atoms with E-state index in [-0.39, 0.29) is 10.8 Å². The lowest BCUT2D eigenvalue weighted by Gasteiger charge is -2.38. The molecule has 1 unspecified atom stereocenters. The van der Waals surface area contributed by atoms with Crippen molar-refractivity contribution in [2.45, 2.75) is 45.4 Å². The van der Waals surface area contributed by atoms with Gasteiger partial charge >= 0.3 is 0 Å². The van der Waals surface area contributed by atoms with E-state index < -0.39 is 0 Å². The van der Waals surface area contributed by atoms with Crippen molar-refractivity contribution in [2.24, 2.45) is 0 Å². The first kappa shape index (κ1) is 20.6. The Morgan fingerprint density at radius 3 is 2.16 bits per heavy atom. The summed E-state index contributed by atoms with van der Waals surface area (Å²) in [7, 11) is 0. The highest BCUT2D eigenvalue weighted by Gasteiger charge is 2.48. The first-order chi connectivity index (χ1) is 15.5. The van der Waals surface area contributed by atoms with Crippen LogP contribution in [0.1, 0.15) is 62.6 Å². The van der Waals surface area contributed by atoms with Gasteiger partial charge in [-0.05, 0) is 35.3 Å². The second-order valence-corrected chi connectivity index (χ2v) is 9.16. The fourth-order valence-electron chi connectivity index (χ4n) is 5.75. The average Bonchev–Trinajstić information content (AvgIpc) is 3.27. The van der Waals surface area contributed by atoms with Crippen LogP contribution in [0.3, 0.4) is 0 Å². The van der Waals surface area contributed by atoms with Crippen molar-refractivity contribution in [1.82, 2.24) is 0 Å². The van der Waals surface area contributed by atoms with Crippen molar-refractivity contribution < 1.29 is 4.42 Å². The third kappa shape index (κ3) is 2.70. The van der Waals surface area contributed by atoms with Crippen LogP contribution in [0, 0.1) is 0 Å². The van der Waals surface area contributed by atoms with E-state index >= 15 is 0 Å². The summed E-state index contributed by atoms with van der Waals surface area (Å²) in [6.07, 6.45) is 4.67. The number of rotatable bonds is 1. The van der Waals surface area contributed by atoms with Gasteiger partial charge in [-0.1, -0.05) is 113 Å². The van der Waals surface area contributed by atoms with Crippen molar-refractivity contribution in [1.29, 1.82) is 0 Å². The number of furan rings is 1. The van der Waals surface area contributed by atoms with E-state index in [1.165, 1.54) is 38.8 Å². The standard InChI is InChI=1S/C29H24O.C2H6/c1-28(2)23-15-9-7-14-22(23)25-26-21(20-13-8-10-16-24(20)30-26)17-18-29(3,27(25)28)19-11-5-4-6-12-19;1-2/h4-18H,1-3H3;1-2H3. The number of hydrogen-bond acceptors (Lipinski definition) is 1. The van der Waals surface area contributed by atoms with Crippen LogP contribution < -0.4 is 0 Å². The monoisotopic (exact) mass is 418 g/mol. The predicted molar refractivity (Wildman–Crippen MR) is 136 cm³/mol. The van der Waals surface area contributed by atoms with Gasteiger partial charge in [-0.3, -0.25) is 0 Å². The first-order valence-corrected chi connectivity index (χ1v) is 11.6. The summed E-state index contributed by atoms with van der Waals surface area (Å²) >= 11 is 0. The molecule has 6 rings (SSSR count). The Morgan fingerprint density at radius 2 is 1.38 bits per heavy atom. The van der Waals surface area contributed by atoms with Gasteiger partial charge < -0.3 is 4.42 Å². The van der Waals surface area contributed by atoms with E-state index in [4.69, 9.17) is 4.42 Å². The van der Waals surface area contributed by atoms with Crippen LogP contribution in [-0.2, 0) is 10.8 Å². The minimum Gasteiger partial charge on any atom is -0.455 e. The summed E-state index contributed by atoms with van der Waals surface area (Å²) in [6.45, 7) is 11.1. The smallest absolute Gasteiger partial charge is 0.143 e. The summed E-state index contributed by atoms with van der Waals surface area (Å²) < 4.78 is 6.55. The Kier molecular flexibility index (Phi) is 4.74. The molecule has 0 bridgehead atoms. The summed E-state index contributed by atoms with van der Waals surface area (Å²) in [5.74, 6) is 1.00. The van der Waals surface area contributed by atoms with Gasteiger partial charge in [0.25, 0.3) is 0 Å². The van der Waals surface area contributed by atoms with Gasteiger partial charge in [0, 0.05) is 27.4 Å². The molecule has 0 aliphatic heterocycles. The zero-order valence-corrected chi connectivity index (χ0v) is 19.6. The Bertz CT molecular complexity index is 1360. The summed E-state index contributed by atoms with van der Waals surface area (Å²) in [5.41, 5.74) is 8.44. The minimum absolute atomic E-state index is 0.110. The summed E-state index contributed by atoms with van der Waals surface area (Å²) in [4.78, 5) is 0. The molecule has 0 radical (unpaired) electrons. The van der Waals surface area contributed by atoms with Gasteiger partial charge in [-0.15, -0.1) is 0 Å². The third-order valence-corrected chi connectivity index (χ3v) is 7.08. The lowest BCUT2D eigenvalue weighted by Crippen LogP contribution is -2.32. The van der Waals surface area contributed by atoms with Gasteiger partial charge in [0.1, 0.15) is 11.3 Å². The van der Waals surface area contributed by atoms with E-state index in [1.807, 2.05) is 19.9 Å². The van der Waals surface area contributed by atoms with E-state index in [2.05, 4.69) is 106 Å². The van der Waals surface area contributed by atoms with Crippen molar-refractivity contribution in [3.63, 3.8) is 0 Å². The highest BCUT2D eigenvalue weighted by Crippen LogP contribution is 2.58. The van der Waals surface area contributed by atoms with Crippen LogP contribution in [0.25, 0.3) is 22.6 Å². The van der Waals surface area contributed by atoms with Crippen molar-refractivity contribution in [3.05, 3.63) is 119 Å². The number of benzene rings is 3. The molecular formula is C31H30O. The molecule has 0 saturated carbocycles. The van der Waals surface area contributed by atoms with Crippen LogP contribution in [0.2, 0.25) is 0 Å². The molecule has 1 aromatic heterocycles. The van der Waals surface area contributed by atoms with Crippen LogP contribution in [0.5, 0.6) is 0 Å². The van der Waals surface area contributed by atoms with Crippen LogP contribution in [0.15, 0.2) is 94.9 Å². The van der Waals surface area contributed by atoms with Gasteiger partial charge in [0.2, 0.25) is 0 Å². The molecule has 4 aromatic rings. The summed E-state index contributed by atoms with van der Waals surface area (Å²) in [6, 6.07) is 28.1. The molecule has 1 atom stereocenters. The Balaban J connectivity index is 0.00000105. The Morgan fingerprint density at radius 1 is 0.719 bits per heavy atom. The van der Waals surface area contributed by atoms with E-state index in [9.17, 15) is 0 Å². The zero-order chi connectivity index (χ0) is 22.5. The van der Waals surface area contributed by atoms with E-state index in [0.29, 0.717) is 0 Å². The molecule has 1 nitrogen and oxygen atoms in total. The second-order valence-electron chi connectivity index (χ2n) is 9.16. The molecule has 0 N–H and O–H groups in total. The largest absolute Gasteiger partial charge is 0.455 e. The maximum Gasteiger partial charge on any atom is 0.143 e. The minimum atomic E-state index is -0.234. The molecule has 0 amide bonds. The van der Waals surface area contributed by atoms with E-state index in [1.54, 1.807) is 0 Å². The highest BCUT2D eigenvalue weighted by atomic mass is 16.3. The number of para-hydroxylation sites is 1. The summed E-state index contributed by atoms with van der Waals surface area (Å²) in [5, 5.41) is 1.18. The SMILES string of the molecule is CC.CC1(C)C2=C(c3ccccc31)c1oc3ccccc3c1C=CC2(C)c1ccccc1. The molecule has 32 heavy (non-hydrogen) atoms. The molecule has 2 aliphatic carbocycles. The normalized spacial score (nSPS) is 20.2. The molecular weight excluding hydrogens is 388 g/mol. The fourth-order valence-corrected chi connectivity index (χ4v) is 5.75. The topological polar surface area (TPSA) is 13.1 Å². The number of allylic oxidation sites excluding steroid dienone is 2. The van der Waals surface area contributed by atoms with Crippen LogP contribution in [-0.4, -0.2) is 0 Å². The van der Waals surface area contributed by atoms with Crippen LogP contribution >= 0.6 is 0 Å². The Hall–Kier alpha value is -3.32. The van der Waals surface area contributed by atoms with Crippen molar-refractivity contribution in [2.75, 3.05) is 0 Å². The van der Waals surface area contributed by atoms with Crippen molar-refractivity contribution in [3.8, 4) is 0 Å². The zero-order valence-electron chi connectivity index (χ0n) is 19.6. The highest BCUT2D eigenvalue weighted by molar-refractivity contribution is 6.01. The fraction of sp³-hybridized carbons (Fsp3) is 0.226. The molecule has 0 fully saturated rings. The first-order valence-electron chi connectivity index (χ1n) is 11.6. The van der Waals surface area contributed by atoms with Crippen LogP contribution in [0.4, 0.5) is 0 Å². The van der Waals surface area contributed by atoms with Gasteiger partial charge in [-0.25, -0.2) is 0 Å². The lowest BCUT2D eigenvalue weighted by atomic mass is 9.65. The van der Waals surface area contributed by atoms with Gasteiger partial charge in [0.05, 0.1) is 0 Å². The molecule has 0 saturated heterocycles. The molecule has 1 heterocycles. The van der Waals surface area contributed by atoms with Gasteiger partial charge in [0.15, 0.2) is 0 Å². The predicted octanol–water partition coefficient (Wildman–Crippen LogP) is 8.54. The van der Waals surface area contributed by atoms with E-state index in [0.717, 1.165) is 11.3 Å². The average molecular weight is 419 g/mol. The maximum absolute atomic E-state index is 6.55. The lowest BCUT2D eigenvalue weighted by molar-refractivity contribution is 0.531. The molecule has 1 heteroatoms. The Labute approximate surface area is 191 Å². The maximum atomic E-state index is 6.55.